The van der Waals surface area contributed by atoms with Crippen LogP contribution < -0.4 is 5.32 Å². The van der Waals surface area contributed by atoms with Gasteiger partial charge in [-0.1, -0.05) is 23.2 Å². The van der Waals surface area contributed by atoms with Crippen LogP contribution in [0.4, 0.5) is 10.1 Å². The van der Waals surface area contributed by atoms with E-state index in [1.165, 1.54) is 31.2 Å². The largest absolute Gasteiger partial charge is 0.449 e. The van der Waals surface area contributed by atoms with E-state index in [2.05, 4.69) is 5.32 Å². The number of carbonyl (C=O) groups is 2. The first-order valence-corrected chi connectivity index (χ1v) is 7.35. The molecule has 0 unspecified atom stereocenters. The van der Waals surface area contributed by atoms with E-state index in [0.717, 1.165) is 12.1 Å². The standard InChI is InChI=1S/C16H12Cl2FNO3/c1-9(23-16(22)10-2-5-12(19)6-3-10)15(21)20-14-7-4-11(17)8-13(14)18/h2-9H,1H3,(H,20,21)/t9-/m1/s1. The molecule has 1 N–H and O–H groups in total. The fraction of sp³-hybridized carbons (Fsp3) is 0.125. The molecule has 0 aromatic heterocycles. The molecule has 0 fully saturated rings. The third-order valence-corrected chi connectivity index (χ3v) is 3.47. The topological polar surface area (TPSA) is 55.4 Å². The second-order valence-electron chi connectivity index (χ2n) is 4.67. The first kappa shape index (κ1) is 17.2. The number of hydrogen-bond acceptors (Lipinski definition) is 3. The van der Waals surface area contributed by atoms with Gasteiger partial charge in [-0.2, -0.15) is 0 Å². The van der Waals surface area contributed by atoms with Crippen LogP contribution in [0.1, 0.15) is 17.3 Å². The fourth-order valence-corrected chi connectivity index (χ4v) is 2.15. The van der Waals surface area contributed by atoms with E-state index in [9.17, 15) is 14.0 Å². The number of halogens is 3. The second kappa shape index (κ2) is 7.44. The van der Waals surface area contributed by atoms with Gasteiger partial charge in [0.25, 0.3) is 5.91 Å². The predicted molar refractivity (Wildman–Crippen MR) is 86.4 cm³/mol. The fourth-order valence-electron chi connectivity index (χ4n) is 1.69. The summed E-state index contributed by atoms with van der Waals surface area (Å²) >= 11 is 11.7. The molecule has 1 atom stereocenters. The van der Waals surface area contributed by atoms with E-state index in [4.69, 9.17) is 27.9 Å². The van der Waals surface area contributed by atoms with Gasteiger partial charge in [0.05, 0.1) is 16.3 Å². The zero-order valence-corrected chi connectivity index (χ0v) is 13.5. The highest BCUT2D eigenvalue weighted by atomic mass is 35.5. The van der Waals surface area contributed by atoms with Crippen LogP contribution in [0.5, 0.6) is 0 Å². The van der Waals surface area contributed by atoms with Crippen LogP contribution in [-0.4, -0.2) is 18.0 Å². The summed E-state index contributed by atoms with van der Waals surface area (Å²) in [5, 5.41) is 3.24. The molecule has 0 spiro atoms. The maximum Gasteiger partial charge on any atom is 0.338 e. The van der Waals surface area contributed by atoms with Crippen molar-refractivity contribution in [1.29, 1.82) is 0 Å². The Morgan fingerprint density at radius 1 is 1.13 bits per heavy atom. The Morgan fingerprint density at radius 3 is 2.39 bits per heavy atom. The number of esters is 1. The molecule has 0 aliphatic rings. The van der Waals surface area contributed by atoms with Crippen molar-refractivity contribution in [3.8, 4) is 0 Å². The van der Waals surface area contributed by atoms with Gasteiger partial charge in [-0.15, -0.1) is 0 Å². The molecule has 0 saturated heterocycles. The number of rotatable bonds is 4. The van der Waals surface area contributed by atoms with Gasteiger partial charge < -0.3 is 10.1 Å². The SMILES string of the molecule is C[C@@H](OC(=O)c1ccc(F)cc1)C(=O)Nc1ccc(Cl)cc1Cl. The van der Waals surface area contributed by atoms with Gasteiger partial charge in [0.1, 0.15) is 5.82 Å². The summed E-state index contributed by atoms with van der Waals surface area (Å²) in [7, 11) is 0. The smallest absolute Gasteiger partial charge is 0.338 e. The minimum atomic E-state index is -1.06. The lowest BCUT2D eigenvalue weighted by Crippen LogP contribution is -2.30. The summed E-state index contributed by atoms with van der Waals surface area (Å²) in [5.41, 5.74) is 0.501. The van der Waals surface area contributed by atoms with Gasteiger partial charge in [-0.3, -0.25) is 4.79 Å². The maximum absolute atomic E-state index is 12.8. The highest BCUT2D eigenvalue weighted by Crippen LogP contribution is 2.25. The Hall–Kier alpha value is -2.11. The lowest BCUT2D eigenvalue weighted by molar-refractivity contribution is -0.123. The lowest BCUT2D eigenvalue weighted by Gasteiger charge is -2.14. The van der Waals surface area contributed by atoms with Crippen molar-refractivity contribution < 1.29 is 18.7 Å². The van der Waals surface area contributed by atoms with E-state index < -0.39 is 23.8 Å². The molecule has 4 nitrogen and oxygen atoms in total. The summed E-state index contributed by atoms with van der Waals surface area (Å²) < 4.78 is 17.8. The second-order valence-corrected chi connectivity index (χ2v) is 5.51. The van der Waals surface area contributed by atoms with E-state index in [1.54, 1.807) is 6.07 Å². The van der Waals surface area contributed by atoms with Crippen molar-refractivity contribution >= 4 is 40.8 Å². The summed E-state index contributed by atoms with van der Waals surface area (Å²) in [5.74, 6) is -1.75. The Labute approximate surface area is 142 Å². The van der Waals surface area contributed by atoms with E-state index in [-0.39, 0.29) is 10.6 Å². The van der Waals surface area contributed by atoms with Crippen LogP contribution in [0.25, 0.3) is 0 Å². The number of amides is 1. The Balaban J connectivity index is 1.99. The molecule has 2 rings (SSSR count). The summed E-state index contributed by atoms with van der Waals surface area (Å²) in [6, 6.07) is 9.41. The highest BCUT2D eigenvalue weighted by molar-refractivity contribution is 6.36. The van der Waals surface area contributed by atoms with Gasteiger partial charge in [0.15, 0.2) is 6.10 Å². The molecule has 7 heteroatoms. The number of carbonyl (C=O) groups excluding carboxylic acids is 2. The zero-order valence-electron chi connectivity index (χ0n) is 12.0. The Kier molecular flexibility index (Phi) is 5.58. The van der Waals surface area contributed by atoms with Crippen molar-refractivity contribution in [2.75, 3.05) is 5.32 Å². The average Bonchev–Trinajstić information content (AvgIpc) is 2.50. The molecular formula is C16H12Cl2FNO3. The molecule has 2 aromatic carbocycles. The number of benzene rings is 2. The number of anilines is 1. The van der Waals surface area contributed by atoms with Crippen molar-refractivity contribution in [2.24, 2.45) is 0 Å². The number of hydrogen-bond donors (Lipinski definition) is 1. The van der Waals surface area contributed by atoms with Gasteiger partial charge in [-0.25, -0.2) is 9.18 Å². The Morgan fingerprint density at radius 2 is 1.78 bits per heavy atom. The molecule has 0 saturated carbocycles. The molecule has 1 amide bonds. The van der Waals surface area contributed by atoms with Crippen molar-refractivity contribution in [3.05, 3.63) is 63.9 Å². The normalized spacial score (nSPS) is 11.7. The molecular weight excluding hydrogens is 344 g/mol. The quantitative estimate of drug-likeness (QED) is 0.831. The van der Waals surface area contributed by atoms with Crippen molar-refractivity contribution in [3.63, 3.8) is 0 Å². The molecule has 0 aliphatic carbocycles. The monoisotopic (exact) mass is 355 g/mol. The summed E-state index contributed by atoms with van der Waals surface area (Å²) in [6.45, 7) is 1.42. The molecule has 0 aliphatic heterocycles. The van der Waals surface area contributed by atoms with E-state index in [1.807, 2.05) is 0 Å². The molecule has 120 valence electrons. The summed E-state index contributed by atoms with van der Waals surface area (Å²) in [4.78, 5) is 23.9. The van der Waals surface area contributed by atoms with Crippen LogP contribution in [0.3, 0.4) is 0 Å². The minimum absolute atomic E-state index is 0.149. The minimum Gasteiger partial charge on any atom is -0.449 e. The molecule has 0 heterocycles. The van der Waals surface area contributed by atoms with Crippen LogP contribution in [0, 0.1) is 5.82 Å². The Bertz CT molecular complexity index is 735. The van der Waals surface area contributed by atoms with Gasteiger partial charge in [0.2, 0.25) is 0 Å². The third-order valence-electron chi connectivity index (χ3n) is 2.92. The molecule has 2 aromatic rings. The zero-order chi connectivity index (χ0) is 17.0. The highest BCUT2D eigenvalue weighted by Gasteiger charge is 2.19. The predicted octanol–water partition coefficient (Wildman–Crippen LogP) is 4.32. The van der Waals surface area contributed by atoms with E-state index in [0.29, 0.717) is 10.7 Å². The molecule has 0 radical (unpaired) electrons. The van der Waals surface area contributed by atoms with Crippen molar-refractivity contribution in [1.82, 2.24) is 0 Å². The number of nitrogens with one attached hydrogen (secondary N) is 1. The number of ether oxygens (including phenoxy) is 1. The third kappa shape index (κ3) is 4.68. The van der Waals surface area contributed by atoms with E-state index >= 15 is 0 Å². The summed E-state index contributed by atoms with van der Waals surface area (Å²) in [6.07, 6.45) is -1.06. The van der Waals surface area contributed by atoms with Crippen molar-refractivity contribution in [2.45, 2.75) is 13.0 Å². The van der Waals surface area contributed by atoms with Crippen LogP contribution in [-0.2, 0) is 9.53 Å². The lowest BCUT2D eigenvalue weighted by atomic mass is 10.2. The molecule has 0 bridgehead atoms. The average molecular weight is 356 g/mol. The van der Waals surface area contributed by atoms with Crippen LogP contribution >= 0.6 is 23.2 Å². The van der Waals surface area contributed by atoms with Crippen LogP contribution in [0.2, 0.25) is 10.0 Å². The van der Waals surface area contributed by atoms with Gasteiger partial charge in [0, 0.05) is 5.02 Å². The first-order valence-electron chi connectivity index (χ1n) is 6.59. The first-order chi connectivity index (χ1) is 10.9. The maximum atomic E-state index is 12.8. The van der Waals surface area contributed by atoms with Crippen LogP contribution in [0.15, 0.2) is 42.5 Å². The molecule has 23 heavy (non-hydrogen) atoms. The van der Waals surface area contributed by atoms with Gasteiger partial charge >= 0.3 is 5.97 Å². The van der Waals surface area contributed by atoms with Gasteiger partial charge in [-0.05, 0) is 49.4 Å².